The number of nitrogens with one attached hydrogen (secondary N) is 1. The summed E-state index contributed by atoms with van der Waals surface area (Å²) in [7, 11) is 0. The minimum atomic E-state index is -0.898. The molecule has 5 rings (SSSR count). The summed E-state index contributed by atoms with van der Waals surface area (Å²) in [6.45, 7) is 2.80. The smallest absolute Gasteiger partial charge is 0.255 e. The Labute approximate surface area is 147 Å². The van der Waals surface area contributed by atoms with E-state index < -0.39 is 5.54 Å². The van der Waals surface area contributed by atoms with Crippen molar-refractivity contribution in [2.45, 2.75) is 50.6 Å². The molecule has 0 spiro atoms. The average Bonchev–Trinajstić information content (AvgIpc) is 3.26. The van der Waals surface area contributed by atoms with Crippen molar-refractivity contribution >= 4 is 22.7 Å². The summed E-state index contributed by atoms with van der Waals surface area (Å²) in [6.07, 6.45) is 5.15. The maximum absolute atomic E-state index is 13.6. The van der Waals surface area contributed by atoms with E-state index in [1.165, 1.54) is 10.9 Å². The van der Waals surface area contributed by atoms with Gasteiger partial charge < -0.3 is 14.8 Å². The van der Waals surface area contributed by atoms with Crippen molar-refractivity contribution in [1.29, 1.82) is 0 Å². The van der Waals surface area contributed by atoms with Gasteiger partial charge in [-0.05, 0) is 37.8 Å². The Morgan fingerprint density at radius 3 is 2.72 bits per heavy atom. The number of fused-ring (bicyclic) bond motifs is 5. The quantitative estimate of drug-likeness (QED) is 0.869. The molecule has 5 heteroatoms. The highest BCUT2D eigenvalue weighted by Gasteiger charge is 2.55. The van der Waals surface area contributed by atoms with E-state index >= 15 is 0 Å². The van der Waals surface area contributed by atoms with Crippen molar-refractivity contribution in [3.63, 3.8) is 0 Å². The highest BCUT2D eigenvalue weighted by molar-refractivity contribution is 6.00. The van der Waals surface area contributed by atoms with Crippen LogP contribution in [0.1, 0.15) is 43.9 Å². The zero-order valence-corrected chi connectivity index (χ0v) is 14.5. The van der Waals surface area contributed by atoms with Crippen LogP contribution >= 0.6 is 0 Å². The lowest BCUT2D eigenvalue weighted by Crippen LogP contribution is -2.68. The van der Waals surface area contributed by atoms with E-state index in [0.29, 0.717) is 6.54 Å². The van der Waals surface area contributed by atoms with E-state index in [2.05, 4.69) is 11.1 Å². The van der Waals surface area contributed by atoms with Gasteiger partial charge >= 0.3 is 0 Å². The van der Waals surface area contributed by atoms with Gasteiger partial charge in [-0.15, -0.1) is 0 Å². The predicted octanol–water partition coefficient (Wildman–Crippen LogP) is 2.55. The molecule has 0 radical (unpaired) electrons. The van der Waals surface area contributed by atoms with Gasteiger partial charge in [-0.25, -0.2) is 0 Å². The van der Waals surface area contributed by atoms with Gasteiger partial charge in [0.25, 0.3) is 5.91 Å². The third-order valence-electron chi connectivity index (χ3n) is 6.48. The summed E-state index contributed by atoms with van der Waals surface area (Å²) in [5.41, 5.74) is 2.27. The molecule has 2 fully saturated rings. The Kier molecular flexibility index (Phi) is 3.06. The number of hydrogen-bond donors (Lipinski definition) is 1. The van der Waals surface area contributed by atoms with Gasteiger partial charge in [0.1, 0.15) is 6.54 Å². The lowest BCUT2D eigenvalue weighted by atomic mass is 9.82. The number of nitrogens with zero attached hydrogens (tertiary/aromatic N) is 2. The average molecular weight is 337 g/mol. The van der Waals surface area contributed by atoms with Crippen LogP contribution in [-0.2, 0) is 21.5 Å². The first-order chi connectivity index (χ1) is 12.1. The van der Waals surface area contributed by atoms with E-state index in [1.54, 1.807) is 4.90 Å². The number of hydrogen-bond acceptors (Lipinski definition) is 2. The van der Waals surface area contributed by atoms with Crippen LogP contribution in [0.25, 0.3) is 10.9 Å². The molecule has 1 aliphatic carbocycles. The molecule has 5 nitrogen and oxygen atoms in total. The minimum absolute atomic E-state index is 0.0818. The molecular formula is C20H23N3O2. The van der Waals surface area contributed by atoms with Crippen molar-refractivity contribution < 1.29 is 9.59 Å². The first-order valence-corrected chi connectivity index (χ1v) is 9.32. The molecular weight excluding hydrogens is 314 g/mol. The van der Waals surface area contributed by atoms with E-state index in [1.807, 2.05) is 30.0 Å². The molecule has 130 valence electrons. The lowest BCUT2D eigenvalue weighted by molar-refractivity contribution is -0.168. The monoisotopic (exact) mass is 337 g/mol. The Bertz CT molecular complexity index is 880. The number of carbonyl (C=O) groups excluding carboxylic acids is 2. The first kappa shape index (κ1) is 15.0. The summed E-state index contributed by atoms with van der Waals surface area (Å²) < 4.78 is 0. The fraction of sp³-hybridized carbons (Fsp3) is 0.500. The van der Waals surface area contributed by atoms with Gasteiger partial charge in [0.2, 0.25) is 5.91 Å². The zero-order valence-electron chi connectivity index (χ0n) is 14.5. The number of rotatable bonds is 1. The number of H-pyrrole nitrogens is 1. The summed E-state index contributed by atoms with van der Waals surface area (Å²) in [5, 5.41) is 1.18. The summed E-state index contributed by atoms with van der Waals surface area (Å²) in [5.74, 6) is 0.171. The molecule has 3 aliphatic rings. The molecule has 1 saturated heterocycles. The Morgan fingerprint density at radius 2 is 1.92 bits per heavy atom. The fourth-order valence-electron chi connectivity index (χ4n) is 5.15. The SMILES string of the molecule is C[C@@]12C(=O)N(C3CCCC3)CC(=O)N1CCc1c2[nH]c2ccccc12. The number of amides is 2. The second kappa shape index (κ2) is 5.10. The van der Waals surface area contributed by atoms with Crippen molar-refractivity contribution in [3.05, 3.63) is 35.5 Å². The molecule has 1 N–H and O–H groups in total. The minimum Gasteiger partial charge on any atom is -0.356 e. The van der Waals surface area contributed by atoms with E-state index in [0.717, 1.165) is 43.3 Å². The first-order valence-electron chi connectivity index (χ1n) is 9.32. The maximum atomic E-state index is 13.6. The summed E-state index contributed by atoms with van der Waals surface area (Å²) >= 11 is 0. The molecule has 1 atom stereocenters. The normalized spacial score (nSPS) is 27.1. The Hall–Kier alpha value is -2.30. The van der Waals surface area contributed by atoms with Gasteiger partial charge in [0.15, 0.2) is 5.54 Å². The number of piperazine rings is 1. The van der Waals surface area contributed by atoms with Crippen LogP contribution in [0.4, 0.5) is 0 Å². The van der Waals surface area contributed by atoms with Crippen molar-refractivity contribution in [3.8, 4) is 0 Å². The Balaban J connectivity index is 1.67. The highest BCUT2D eigenvalue weighted by atomic mass is 16.2. The molecule has 0 bridgehead atoms. The predicted molar refractivity (Wildman–Crippen MR) is 95.0 cm³/mol. The third-order valence-corrected chi connectivity index (χ3v) is 6.48. The third kappa shape index (κ3) is 1.89. The van der Waals surface area contributed by atoms with Crippen LogP contribution in [0.15, 0.2) is 24.3 Å². The van der Waals surface area contributed by atoms with Gasteiger partial charge in [0.05, 0.1) is 5.69 Å². The molecule has 1 saturated carbocycles. The second-order valence-electron chi connectivity index (χ2n) is 7.76. The van der Waals surface area contributed by atoms with Crippen molar-refractivity contribution in [2.75, 3.05) is 13.1 Å². The molecule has 2 aromatic rings. The molecule has 1 aromatic carbocycles. The fourth-order valence-corrected chi connectivity index (χ4v) is 5.15. The van der Waals surface area contributed by atoms with Gasteiger partial charge in [-0.3, -0.25) is 9.59 Å². The van der Waals surface area contributed by atoms with Crippen LogP contribution in [0.5, 0.6) is 0 Å². The van der Waals surface area contributed by atoms with E-state index in [9.17, 15) is 9.59 Å². The highest BCUT2D eigenvalue weighted by Crippen LogP contribution is 2.43. The number of carbonyl (C=O) groups is 2. The number of aromatic amines is 1. The van der Waals surface area contributed by atoms with Crippen LogP contribution in [0.3, 0.4) is 0 Å². The molecule has 3 heterocycles. The van der Waals surface area contributed by atoms with Crippen molar-refractivity contribution in [1.82, 2.24) is 14.8 Å². The van der Waals surface area contributed by atoms with Crippen LogP contribution < -0.4 is 0 Å². The van der Waals surface area contributed by atoms with Gasteiger partial charge in [-0.1, -0.05) is 31.0 Å². The van der Waals surface area contributed by atoms with Gasteiger partial charge in [0, 0.05) is 23.5 Å². The molecule has 0 unspecified atom stereocenters. The molecule has 1 aromatic heterocycles. The lowest BCUT2D eigenvalue weighted by Gasteiger charge is -2.51. The van der Waals surface area contributed by atoms with Crippen LogP contribution in [0, 0.1) is 0 Å². The zero-order chi connectivity index (χ0) is 17.2. The van der Waals surface area contributed by atoms with Crippen LogP contribution in [0.2, 0.25) is 0 Å². The number of para-hydroxylation sites is 1. The van der Waals surface area contributed by atoms with Crippen LogP contribution in [-0.4, -0.2) is 45.7 Å². The number of benzene rings is 1. The second-order valence-corrected chi connectivity index (χ2v) is 7.76. The number of aromatic nitrogens is 1. The summed E-state index contributed by atoms with van der Waals surface area (Å²) in [6, 6.07) is 8.41. The van der Waals surface area contributed by atoms with Crippen molar-refractivity contribution in [2.24, 2.45) is 0 Å². The Morgan fingerprint density at radius 1 is 1.16 bits per heavy atom. The summed E-state index contributed by atoms with van der Waals surface area (Å²) in [4.78, 5) is 33.6. The largest absolute Gasteiger partial charge is 0.356 e. The van der Waals surface area contributed by atoms with E-state index in [-0.39, 0.29) is 24.4 Å². The van der Waals surface area contributed by atoms with Gasteiger partial charge in [-0.2, -0.15) is 0 Å². The maximum Gasteiger partial charge on any atom is 0.255 e. The topological polar surface area (TPSA) is 56.4 Å². The standard InChI is InChI=1S/C20H23N3O2/c1-20-18-15(14-8-4-5-9-16(14)21-18)10-11-23(20)17(24)12-22(19(20)25)13-6-2-3-7-13/h4-5,8-9,13,21H,2-3,6-7,10-12H2,1H3/t20-/m1/s1. The molecule has 25 heavy (non-hydrogen) atoms. The van der Waals surface area contributed by atoms with E-state index in [4.69, 9.17) is 0 Å². The molecule has 2 aliphatic heterocycles. The molecule has 2 amide bonds.